The van der Waals surface area contributed by atoms with Crippen LogP contribution in [0.1, 0.15) is 38.1 Å². The Morgan fingerprint density at radius 1 is 0.975 bits per heavy atom. The van der Waals surface area contributed by atoms with Gasteiger partial charge in [-0.25, -0.2) is 14.6 Å². The Hall–Kier alpha value is -4.22. The summed E-state index contributed by atoms with van der Waals surface area (Å²) < 4.78 is 8.02. The Bertz CT molecular complexity index is 1570. The average Bonchev–Trinajstić information content (AvgIpc) is 3.33. The quantitative estimate of drug-likeness (QED) is 0.339. The van der Waals surface area contributed by atoms with E-state index in [2.05, 4.69) is 31.4 Å². The molecule has 0 atom stereocenters. The minimum atomic E-state index is -0.0367. The second-order valence-electron chi connectivity index (χ2n) is 11.4. The lowest BCUT2D eigenvalue weighted by molar-refractivity contribution is -0.147. The maximum Gasteiger partial charge on any atom is 0.298 e. The minimum Gasteiger partial charge on any atom is -0.457 e. The normalized spacial score (nSPS) is 18.6. The van der Waals surface area contributed by atoms with Crippen molar-refractivity contribution in [3.8, 4) is 34.6 Å². The van der Waals surface area contributed by atoms with Crippen molar-refractivity contribution in [2.75, 3.05) is 32.7 Å². The van der Waals surface area contributed by atoms with Crippen LogP contribution in [0.5, 0.6) is 11.5 Å². The van der Waals surface area contributed by atoms with E-state index in [1.54, 1.807) is 6.33 Å². The molecular formula is C32H32N6O2. The molecule has 8 heteroatoms. The molecule has 1 aliphatic carbocycles. The van der Waals surface area contributed by atoms with Crippen LogP contribution in [-0.4, -0.2) is 68.2 Å². The van der Waals surface area contributed by atoms with E-state index in [9.17, 15) is 4.79 Å². The molecule has 2 aromatic carbocycles. The number of fused-ring (bicyclic) bond motifs is 1. The van der Waals surface area contributed by atoms with Gasteiger partial charge in [-0.3, -0.25) is 9.69 Å². The summed E-state index contributed by atoms with van der Waals surface area (Å²) in [5, 5.41) is 5.96. The van der Waals surface area contributed by atoms with Gasteiger partial charge in [0.2, 0.25) is 0 Å². The molecule has 8 nitrogen and oxygen atoms in total. The van der Waals surface area contributed by atoms with Gasteiger partial charge < -0.3 is 9.64 Å². The van der Waals surface area contributed by atoms with Crippen molar-refractivity contribution in [3.05, 3.63) is 67.1 Å². The molecule has 202 valence electrons. The first-order valence-corrected chi connectivity index (χ1v) is 14.2. The lowest BCUT2D eigenvalue weighted by atomic mass is 9.60. The van der Waals surface area contributed by atoms with Gasteiger partial charge >= 0.3 is 0 Å². The second kappa shape index (κ2) is 10.4. The monoisotopic (exact) mass is 532 g/mol. The van der Waals surface area contributed by atoms with Gasteiger partial charge in [0.05, 0.1) is 18.0 Å². The molecule has 1 amide bonds. The summed E-state index contributed by atoms with van der Waals surface area (Å²) in [4.78, 5) is 25.7. The van der Waals surface area contributed by atoms with Crippen LogP contribution in [0.25, 0.3) is 22.3 Å². The van der Waals surface area contributed by atoms with Crippen LogP contribution >= 0.6 is 0 Å². The third kappa shape index (κ3) is 4.82. The summed E-state index contributed by atoms with van der Waals surface area (Å²) >= 11 is 0. The van der Waals surface area contributed by atoms with E-state index in [1.807, 2.05) is 65.7 Å². The van der Waals surface area contributed by atoms with Crippen LogP contribution < -0.4 is 4.74 Å². The summed E-state index contributed by atoms with van der Waals surface area (Å²) in [6.07, 6.45) is 9.18. The molecule has 0 bridgehead atoms. The maximum absolute atomic E-state index is 12.6. The molecule has 2 saturated heterocycles. The van der Waals surface area contributed by atoms with Gasteiger partial charge in [-0.05, 0) is 81.1 Å². The molecule has 2 aliphatic heterocycles. The van der Waals surface area contributed by atoms with Crippen LogP contribution in [-0.2, 0) is 4.79 Å². The summed E-state index contributed by atoms with van der Waals surface area (Å²) in [6.45, 7) is 4.46. The first kappa shape index (κ1) is 24.8. The molecule has 3 aliphatic rings. The van der Waals surface area contributed by atoms with Crippen molar-refractivity contribution < 1.29 is 9.53 Å². The molecule has 1 saturated carbocycles. The van der Waals surface area contributed by atoms with E-state index >= 15 is 0 Å². The fourth-order valence-corrected chi connectivity index (χ4v) is 6.36. The van der Waals surface area contributed by atoms with Gasteiger partial charge in [0.25, 0.3) is 5.91 Å². The number of nitrogens with zero attached hydrogens (tertiary/aromatic N) is 6. The molecule has 4 aromatic rings. The highest BCUT2D eigenvalue weighted by Crippen LogP contribution is 2.54. The van der Waals surface area contributed by atoms with E-state index in [4.69, 9.17) is 9.84 Å². The number of carbonyl (C=O) groups is 1. The SMILES string of the molecule is O=C(C#CCN1CCCCC1)N1CC2(CC(n3nc(-c4ccc(Oc5ccccc5)cc4)c4cncnc43)C2)C1. The van der Waals surface area contributed by atoms with Crippen LogP contribution in [0.4, 0.5) is 0 Å². The number of rotatable bonds is 5. The molecule has 4 heterocycles. The summed E-state index contributed by atoms with van der Waals surface area (Å²) in [6, 6.07) is 18.0. The lowest BCUT2D eigenvalue weighted by Crippen LogP contribution is -2.63. The highest BCUT2D eigenvalue weighted by atomic mass is 16.5. The van der Waals surface area contributed by atoms with E-state index in [0.29, 0.717) is 6.54 Å². The van der Waals surface area contributed by atoms with Crippen LogP contribution in [0, 0.1) is 17.3 Å². The fraction of sp³-hybridized carbons (Fsp3) is 0.375. The topological polar surface area (TPSA) is 76.4 Å². The Kier molecular flexibility index (Phi) is 6.45. The number of amides is 1. The summed E-state index contributed by atoms with van der Waals surface area (Å²) in [7, 11) is 0. The maximum atomic E-state index is 12.6. The zero-order valence-electron chi connectivity index (χ0n) is 22.5. The Morgan fingerprint density at radius 3 is 2.50 bits per heavy atom. The van der Waals surface area contributed by atoms with E-state index in [-0.39, 0.29) is 17.4 Å². The van der Waals surface area contributed by atoms with Gasteiger partial charge in [-0.1, -0.05) is 30.5 Å². The summed E-state index contributed by atoms with van der Waals surface area (Å²) in [5.74, 6) is 7.52. The van der Waals surface area contributed by atoms with E-state index < -0.39 is 0 Å². The molecule has 0 unspecified atom stereocenters. The molecule has 0 radical (unpaired) electrons. The van der Waals surface area contributed by atoms with Crippen molar-refractivity contribution in [1.29, 1.82) is 0 Å². The Labute approximate surface area is 234 Å². The number of benzene rings is 2. The number of aromatic nitrogens is 4. The highest BCUT2D eigenvalue weighted by molar-refractivity contribution is 5.94. The second-order valence-corrected chi connectivity index (χ2v) is 11.4. The minimum absolute atomic E-state index is 0.0367. The summed E-state index contributed by atoms with van der Waals surface area (Å²) in [5.41, 5.74) is 2.90. The molecule has 40 heavy (non-hydrogen) atoms. The number of para-hydroxylation sites is 1. The average molecular weight is 533 g/mol. The molecule has 2 aromatic heterocycles. The third-order valence-electron chi connectivity index (χ3n) is 8.45. The largest absolute Gasteiger partial charge is 0.457 e. The smallest absolute Gasteiger partial charge is 0.298 e. The van der Waals surface area contributed by atoms with Gasteiger partial charge in [-0.2, -0.15) is 5.10 Å². The predicted molar refractivity (Wildman–Crippen MR) is 153 cm³/mol. The number of carbonyl (C=O) groups excluding carboxylic acids is 1. The van der Waals surface area contributed by atoms with Crippen LogP contribution in [0.3, 0.4) is 0 Å². The number of hydrogen-bond donors (Lipinski definition) is 0. The van der Waals surface area contributed by atoms with Gasteiger partial charge in [0.15, 0.2) is 5.65 Å². The van der Waals surface area contributed by atoms with Crippen LogP contribution in [0.15, 0.2) is 67.1 Å². The zero-order valence-corrected chi connectivity index (χ0v) is 22.5. The number of piperidine rings is 1. The molecule has 1 spiro atoms. The van der Waals surface area contributed by atoms with Gasteiger partial charge in [-0.15, -0.1) is 0 Å². The Balaban J connectivity index is 1.00. The van der Waals surface area contributed by atoms with Crippen molar-refractivity contribution in [2.45, 2.75) is 38.1 Å². The van der Waals surface area contributed by atoms with Crippen LogP contribution in [0.2, 0.25) is 0 Å². The Morgan fingerprint density at radius 2 is 1.73 bits per heavy atom. The predicted octanol–water partition coefficient (Wildman–Crippen LogP) is 4.94. The molecular weight excluding hydrogens is 500 g/mol. The van der Waals surface area contributed by atoms with Crippen molar-refractivity contribution >= 4 is 16.9 Å². The van der Waals surface area contributed by atoms with Gasteiger partial charge in [0.1, 0.15) is 23.5 Å². The first-order chi connectivity index (χ1) is 19.7. The fourth-order valence-electron chi connectivity index (χ4n) is 6.36. The first-order valence-electron chi connectivity index (χ1n) is 14.2. The number of hydrogen-bond acceptors (Lipinski definition) is 6. The van der Waals surface area contributed by atoms with Gasteiger partial charge in [0, 0.05) is 30.3 Å². The van der Waals surface area contributed by atoms with Crippen molar-refractivity contribution in [2.24, 2.45) is 5.41 Å². The van der Waals surface area contributed by atoms with Crippen molar-refractivity contribution in [3.63, 3.8) is 0 Å². The number of likely N-dealkylation sites (tertiary alicyclic amines) is 2. The van der Waals surface area contributed by atoms with E-state index in [1.165, 1.54) is 19.3 Å². The zero-order chi connectivity index (χ0) is 26.9. The highest BCUT2D eigenvalue weighted by Gasteiger charge is 2.54. The molecule has 7 rings (SSSR count). The standard InChI is InChI=1S/C32H32N6O2/c39-29(10-7-17-36-15-5-2-6-16-36)37-21-32(22-37)18-25(19-32)38-31-28(20-33-23-34-31)30(35-38)24-11-13-27(14-12-24)40-26-8-3-1-4-9-26/h1,3-4,8-9,11-14,20,23,25H,2,5-6,15-19,21-22H2. The third-order valence-corrected chi connectivity index (χ3v) is 8.45. The molecule has 0 N–H and O–H groups in total. The molecule has 3 fully saturated rings. The lowest BCUT2D eigenvalue weighted by Gasteiger charge is -2.58. The van der Waals surface area contributed by atoms with Crippen molar-refractivity contribution in [1.82, 2.24) is 29.5 Å². The van der Waals surface area contributed by atoms with E-state index in [0.717, 1.165) is 72.8 Å². The number of ether oxygens (including phenoxy) is 1.